The van der Waals surface area contributed by atoms with Gasteiger partial charge in [-0.15, -0.1) is 0 Å². The second-order valence-corrected chi connectivity index (χ2v) is 10.4. The molecule has 0 aliphatic rings. The molecule has 0 fully saturated rings. The van der Waals surface area contributed by atoms with E-state index in [0.29, 0.717) is 23.4 Å². The number of hydrogen-bond donors (Lipinski definition) is 4. The second-order valence-electron chi connectivity index (χ2n) is 7.13. The van der Waals surface area contributed by atoms with Gasteiger partial charge in [0.15, 0.2) is 0 Å². The Labute approximate surface area is 192 Å². The van der Waals surface area contributed by atoms with Gasteiger partial charge in [-0.25, -0.2) is 13.2 Å². The molecule has 0 atom stereocenters. The highest BCUT2D eigenvalue weighted by molar-refractivity contribution is 7.92. The first kappa shape index (κ1) is 24.2. The molecule has 3 rings (SSSR count). The SMILES string of the molecule is CCCS(=O)(=O)Nc1ccc(S(=O)(=O)O)c(-c2cccc(NC(=O)Nc3ccccc3)c2)c1. The minimum Gasteiger partial charge on any atom is -0.308 e. The van der Waals surface area contributed by atoms with Gasteiger partial charge in [0.25, 0.3) is 10.1 Å². The van der Waals surface area contributed by atoms with Crippen molar-refractivity contribution < 1.29 is 26.2 Å². The summed E-state index contributed by atoms with van der Waals surface area (Å²) in [6.07, 6.45) is 0.407. The van der Waals surface area contributed by atoms with Crippen LogP contribution in [-0.4, -0.2) is 33.2 Å². The lowest BCUT2D eigenvalue weighted by Crippen LogP contribution is -2.19. The van der Waals surface area contributed by atoms with E-state index in [4.69, 9.17) is 0 Å². The fraction of sp³-hybridized carbons (Fsp3) is 0.136. The van der Waals surface area contributed by atoms with E-state index in [1.165, 1.54) is 18.2 Å². The van der Waals surface area contributed by atoms with Crippen molar-refractivity contribution >= 4 is 43.2 Å². The molecule has 0 saturated heterocycles. The van der Waals surface area contributed by atoms with Gasteiger partial charge < -0.3 is 10.6 Å². The van der Waals surface area contributed by atoms with E-state index in [9.17, 15) is 26.2 Å². The molecular weight excluding hydrogens is 466 g/mol. The van der Waals surface area contributed by atoms with Crippen LogP contribution in [0.25, 0.3) is 11.1 Å². The van der Waals surface area contributed by atoms with Crippen LogP contribution in [0.5, 0.6) is 0 Å². The van der Waals surface area contributed by atoms with Gasteiger partial charge >= 0.3 is 6.03 Å². The number of nitrogens with one attached hydrogen (secondary N) is 3. The molecule has 0 saturated carbocycles. The largest absolute Gasteiger partial charge is 0.323 e. The molecule has 0 spiro atoms. The monoisotopic (exact) mass is 489 g/mol. The molecule has 0 heterocycles. The molecule has 174 valence electrons. The van der Waals surface area contributed by atoms with Crippen LogP contribution in [0.1, 0.15) is 13.3 Å². The number of carbonyl (C=O) groups excluding carboxylic acids is 1. The van der Waals surface area contributed by atoms with Crippen molar-refractivity contribution in [3.05, 3.63) is 72.8 Å². The van der Waals surface area contributed by atoms with Crippen molar-refractivity contribution in [3.63, 3.8) is 0 Å². The Balaban J connectivity index is 1.94. The summed E-state index contributed by atoms with van der Waals surface area (Å²) < 4.78 is 60.2. The molecule has 33 heavy (non-hydrogen) atoms. The van der Waals surface area contributed by atoms with Gasteiger partial charge in [-0.3, -0.25) is 9.27 Å². The molecule has 0 radical (unpaired) electrons. The molecule has 0 aliphatic carbocycles. The van der Waals surface area contributed by atoms with Gasteiger partial charge in [0, 0.05) is 22.6 Å². The smallest absolute Gasteiger partial charge is 0.308 e. The molecule has 9 nitrogen and oxygen atoms in total. The molecular formula is C22H23N3O6S2. The molecule has 0 aromatic heterocycles. The molecule has 11 heteroatoms. The highest BCUT2D eigenvalue weighted by Gasteiger charge is 2.19. The van der Waals surface area contributed by atoms with E-state index < -0.39 is 31.1 Å². The first-order valence-electron chi connectivity index (χ1n) is 9.93. The van der Waals surface area contributed by atoms with Gasteiger partial charge in [-0.05, 0) is 54.4 Å². The first-order valence-corrected chi connectivity index (χ1v) is 13.0. The van der Waals surface area contributed by atoms with Crippen molar-refractivity contribution in [2.75, 3.05) is 21.1 Å². The molecule has 3 aromatic carbocycles. The van der Waals surface area contributed by atoms with Gasteiger partial charge in [-0.1, -0.05) is 37.3 Å². The number of sulfonamides is 1. The Morgan fingerprint density at radius 1 is 0.818 bits per heavy atom. The number of para-hydroxylation sites is 1. The lowest BCUT2D eigenvalue weighted by atomic mass is 10.0. The van der Waals surface area contributed by atoms with Crippen molar-refractivity contribution in [2.45, 2.75) is 18.2 Å². The third kappa shape index (κ3) is 6.78. The fourth-order valence-electron chi connectivity index (χ4n) is 3.12. The summed E-state index contributed by atoms with van der Waals surface area (Å²) in [4.78, 5) is 11.9. The van der Waals surface area contributed by atoms with E-state index in [0.717, 1.165) is 6.07 Å². The predicted octanol–water partition coefficient (Wildman–Crippen LogP) is 4.40. The Morgan fingerprint density at radius 3 is 2.15 bits per heavy atom. The lowest BCUT2D eigenvalue weighted by Gasteiger charge is -2.13. The molecule has 0 unspecified atom stereocenters. The van der Waals surface area contributed by atoms with Crippen molar-refractivity contribution in [3.8, 4) is 11.1 Å². The minimum absolute atomic E-state index is 0.0707. The number of carbonyl (C=O) groups is 1. The zero-order valence-corrected chi connectivity index (χ0v) is 19.3. The van der Waals surface area contributed by atoms with E-state index in [1.807, 2.05) is 6.07 Å². The Hall–Kier alpha value is -3.41. The van der Waals surface area contributed by atoms with Gasteiger partial charge in [0.2, 0.25) is 10.0 Å². The number of anilines is 3. The standard InChI is InChI=1S/C22H23N3O6S2/c1-2-13-32(27,28)25-19-11-12-21(33(29,30)31)20(15-19)16-7-6-10-18(14-16)24-22(26)23-17-8-4-3-5-9-17/h3-12,14-15,25H,2,13H2,1H3,(H2,23,24,26)(H,29,30,31). The summed E-state index contributed by atoms with van der Waals surface area (Å²) in [6.45, 7) is 1.72. The third-order valence-electron chi connectivity index (χ3n) is 4.47. The minimum atomic E-state index is -4.61. The highest BCUT2D eigenvalue weighted by atomic mass is 32.2. The van der Waals surface area contributed by atoms with E-state index in [-0.39, 0.29) is 17.0 Å². The summed E-state index contributed by atoms with van der Waals surface area (Å²) >= 11 is 0. The van der Waals surface area contributed by atoms with Crippen molar-refractivity contribution in [2.24, 2.45) is 0 Å². The number of urea groups is 1. The lowest BCUT2D eigenvalue weighted by molar-refractivity contribution is 0.262. The highest BCUT2D eigenvalue weighted by Crippen LogP contribution is 2.32. The summed E-state index contributed by atoms with van der Waals surface area (Å²) in [5.41, 5.74) is 1.51. The van der Waals surface area contributed by atoms with Crippen LogP contribution in [0.3, 0.4) is 0 Å². The zero-order chi connectivity index (χ0) is 24.1. The van der Waals surface area contributed by atoms with Crippen LogP contribution in [0.2, 0.25) is 0 Å². The van der Waals surface area contributed by atoms with E-state index in [2.05, 4.69) is 15.4 Å². The molecule has 0 aliphatic heterocycles. The van der Waals surface area contributed by atoms with Crippen LogP contribution in [0.15, 0.2) is 77.7 Å². The average Bonchev–Trinajstić information content (AvgIpc) is 2.73. The van der Waals surface area contributed by atoms with E-state index >= 15 is 0 Å². The van der Waals surface area contributed by atoms with Crippen LogP contribution >= 0.6 is 0 Å². The van der Waals surface area contributed by atoms with E-state index in [1.54, 1.807) is 49.4 Å². The Kier molecular flexibility index (Phi) is 7.36. The molecule has 2 amide bonds. The molecule has 4 N–H and O–H groups in total. The summed E-state index contributed by atoms with van der Waals surface area (Å²) in [6, 6.07) is 18.3. The predicted molar refractivity (Wildman–Crippen MR) is 128 cm³/mol. The van der Waals surface area contributed by atoms with Gasteiger partial charge in [0.05, 0.1) is 5.75 Å². The maximum absolute atomic E-state index is 12.3. The average molecular weight is 490 g/mol. The quantitative estimate of drug-likeness (QED) is 0.346. The summed E-state index contributed by atoms with van der Waals surface area (Å²) in [7, 11) is -8.22. The van der Waals surface area contributed by atoms with Crippen molar-refractivity contribution in [1.82, 2.24) is 0 Å². The Bertz CT molecular complexity index is 1360. The third-order valence-corrected chi connectivity index (χ3v) is 6.87. The number of amides is 2. The Morgan fingerprint density at radius 2 is 1.48 bits per heavy atom. The second kappa shape index (κ2) is 10.0. The summed E-state index contributed by atoms with van der Waals surface area (Å²) in [5, 5.41) is 5.32. The first-order chi connectivity index (χ1) is 15.6. The van der Waals surface area contributed by atoms with Gasteiger partial charge in [0.1, 0.15) is 4.90 Å². The molecule has 3 aromatic rings. The van der Waals surface area contributed by atoms with Crippen LogP contribution in [0, 0.1) is 0 Å². The maximum Gasteiger partial charge on any atom is 0.323 e. The van der Waals surface area contributed by atoms with Gasteiger partial charge in [-0.2, -0.15) is 8.42 Å². The number of benzene rings is 3. The normalized spacial score (nSPS) is 11.6. The number of rotatable bonds is 8. The van der Waals surface area contributed by atoms with Crippen LogP contribution in [0.4, 0.5) is 21.9 Å². The maximum atomic E-state index is 12.3. The molecule has 0 bridgehead atoms. The zero-order valence-electron chi connectivity index (χ0n) is 17.6. The van der Waals surface area contributed by atoms with Crippen LogP contribution in [-0.2, 0) is 20.1 Å². The van der Waals surface area contributed by atoms with Crippen LogP contribution < -0.4 is 15.4 Å². The van der Waals surface area contributed by atoms with Crippen molar-refractivity contribution in [1.29, 1.82) is 0 Å². The number of hydrogen-bond acceptors (Lipinski definition) is 5. The fourth-order valence-corrected chi connectivity index (χ4v) is 4.94. The topological polar surface area (TPSA) is 142 Å². The summed E-state index contributed by atoms with van der Waals surface area (Å²) in [5.74, 6) is -0.0989.